The van der Waals surface area contributed by atoms with Crippen LogP contribution in [0.15, 0.2) is 24.3 Å². The van der Waals surface area contributed by atoms with E-state index in [-0.39, 0.29) is 107 Å². The topological polar surface area (TPSA) is 66.1 Å². The molecule has 0 aliphatic carbocycles. The number of nitrogens with one attached hydrogen (secondary N) is 2. The average molecular weight is 442 g/mol. The monoisotopic (exact) mass is 442 g/mol. The van der Waals surface area contributed by atoms with Gasteiger partial charge in [0, 0.05) is 65.4 Å². The van der Waals surface area contributed by atoms with Crippen LogP contribution >= 0.6 is 0 Å². The molecule has 1 aromatic carbocycles. The summed E-state index contributed by atoms with van der Waals surface area (Å²) in [4.78, 5) is 7.66. The van der Waals surface area contributed by atoms with Crippen molar-refractivity contribution in [2.75, 3.05) is 13.3 Å². The molecular formula is C12H24F2N2O2Y2-2. The molecule has 0 unspecified atom stereocenters. The van der Waals surface area contributed by atoms with Gasteiger partial charge in [0.15, 0.2) is 0 Å². The van der Waals surface area contributed by atoms with E-state index in [4.69, 9.17) is 11.8 Å². The van der Waals surface area contributed by atoms with Gasteiger partial charge in [-0.15, -0.1) is 0 Å². The summed E-state index contributed by atoms with van der Waals surface area (Å²) in [7, 11) is 0. The molecule has 1 rings (SSSR count). The molecule has 0 heterocycles. The van der Waals surface area contributed by atoms with Gasteiger partial charge in [-0.3, -0.25) is 0 Å². The van der Waals surface area contributed by atoms with Crippen molar-refractivity contribution >= 4 is 0 Å². The zero-order valence-corrected chi connectivity index (χ0v) is 14.8. The summed E-state index contributed by atoms with van der Waals surface area (Å²) >= 11 is 0. The Balaban J connectivity index is -0.0000000443. The van der Waals surface area contributed by atoms with Gasteiger partial charge in [0.1, 0.15) is 12.5 Å². The van der Waals surface area contributed by atoms with E-state index >= 15 is 0 Å². The molecule has 0 amide bonds. The van der Waals surface area contributed by atoms with Crippen molar-refractivity contribution in [3.63, 3.8) is 0 Å². The van der Waals surface area contributed by atoms with Crippen LogP contribution in [0.3, 0.4) is 0 Å². The Morgan fingerprint density at radius 2 is 1.35 bits per heavy atom. The minimum atomic E-state index is -0.566. The van der Waals surface area contributed by atoms with Crippen molar-refractivity contribution in [2.45, 2.75) is 28.9 Å². The number of halogens is 2. The smallest absolute Gasteiger partial charge is 0.123 e. The Labute approximate surface area is 172 Å². The molecule has 0 bridgehead atoms. The molecule has 0 aliphatic rings. The van der Waals surface area contributed by atoms with Crippen molar-refractivity contribution < 1.29 is 83.9 Å². The molecule has 0 spiro atoms. The Morgan fingerprint density at radius 3 is 1.60 bits per heavy atom. The van der Waals surface area contributed by atoms with Gasteiger partial charge in [-0.25, -0.2) is 8.78 Å². The van der Waals surface area contributed by atoms with E-state index in [0.717, 1.165) is 5.56 Å². The molecule has 0 atom stereocenters. The zero-order valence-electron chi connectivity index (χ0n) is 9.16. The van der Waals surface area contributed by atoms with Crippen LogP contribution in [0.25, 0.3) is 11.8 Å². The SMILES string of the molecule is C.C.C.[NH-]OCC[18F].[NH-]OCc1ccc([18F])cc1.[Y].[Y]. The van der Waals surface area contributed by atoms with Crippen molar-refractivity contribution in [3.05, 3.63) is 47.4 Å². The van der Waals surface area contributed by atoms with Crippen LogP contribution in [0.5, 0.6) is 0 Å². The third-order valence-electron chi connectivity index (χ3n) is 1.33. The second-order valence-electron chi connectivity index (χ2n) is 2.45. The van der Waals surface area contributed by atoms with E-state index in [1.165, 1.54) is 12.1 Å². The first-order chi connectivity index (χ1) is 7.24. The van der Waals surface area contributed by atoms with Crippen LogP contribution in [-0.2, 0) is 81.7 Å². The molecule has 0 fully saturated rings. The van der Waals surface area contributed by atoms with E-state index in [1.807, 2.05) is 0 Å². The molecule has 2 radical (unpaired) electrons. The van der Waals surface area contributed by atoms with Crippen molar-refractivity contribution in [1.82, 2.24) is 0 Å². The molecule has 116 valence electrons. The summed E-state index contributed by atoms with van der Waals surface area (Å²) in [5, 5.41) is 0. The summed E-state index contributed by atoms with van der Waals surface area (Å²) < 4.78 is 23.0. The van der Waals surface area contributed by atoms with Gasteiger partial charge in [-0.2, -0.15) is 0 Å². The molecule has 0 aromatic heterocycles. The van der Waals surface area contributed by atoms with E-state index in [0.29, 0.717) is 0 Å². The molecule has 0 saturated carbocycles. The second-order valence-corrected chi connectivity index (χ2v) is 2.45. The van der Waals surface area contributed by atoms with Gasteiger partial charge < -0.3 is 21.5 Å². The number of alkyl halides is 1. The summed E-state index contributed by atoms with van der Waals surface area (Å²) in [6.45, 7) is -0.468. The van der Waals surface area contributed by atoms with Gasteiger partial charge in [-0.1, -0.05) is 34.4 Å². The standard InChI is InChI=1S/C7H7FNO.C2H5FNO.3CH4.2Y/c8-7-3-1-6(2-4-7)5-10-9;3-1-2-5-4;;;;;/h1-4,9H,5H2;4H,1-2H2;3*1H4;;/q2*-1;;;;;/i8-1;3-1;;;;;. The number of hydrogen-bond acceptors (Lipinski definition) is 2. The summed E-state index contributed by atoms with van der Waals surface area (Å²) in [5.74, 6) is 12.0. The second kappa shape index (κ2) is 28.3. The first-order valence-electron chi connectivity index (χ1n) is 4.12. The molecule has 0 aliphatic heterocycles. The van der Waals surface area contributed by atoms with E-state index < -0.39 is 6.67 Å². The Hall–Kier alpha value is 1.13. The van der Waals surface area contributed by atoms with E-state index in [1.54, 1.807) is 12.1 Å². The number of rotatable bonds is 4. The fourth-order valence-electron chi connectivity index (χ4n) is 0.703. The molecule has 1 aromatic rings. The number of hydrogen-bond donors (Lipinski definition) is 0. The minimum Gasteiger partial charge on any atom is -0.549 e. The molecule has 2 N–H and O–H groups in total. The van der Waals surface area contributed by atoms with Crippen molar-refractivity contribution in [1.29, 1.82) is 0 Å². The maximum atomic E-state index is 12.2. The third-order valence-corrected chi connectivity index (χ3v) is 1.33. The Bertz CT molecular complexity index is 254. The zero-order chi connectivity index (χ0) is 11.5. The van der Waals surface area contributed by atoms with Crippen LogP contribution in [0.2, 0.25) is 0 Å². The molecule has 0 saturated heterocycles. The summed E-state index contributed by atoms with van der Waals surface area (Å²) in [5.41, 5.74) is 0.802. The first-order valence-corrected chi connectivity index (χ1v) is 4.12. The van der Waals surface area contributed by atoms with Gasteiger partial charge in [0.2, 0.25) is 0 Å². The summed E-state index contributed by atoms with van der Waals surface area (Å²) in [6, 6.07) is 5.86. The maximum absolute atomic E-state index is 12.2. The van der Waals surface area contributed by atoms with Crippen LogP contribution in [0.1, 0.15) is 27.8 Å². The predicted molar refractivity (Wildman–Crippen MR) is 72.0 cm³/mol. The quantitative estimate of drug-likeness (QED) is 0.606. The van der Waals surface area contributed by atoms with Gasteiger partial charge in [0.05, 0.1) is 13.2 Å². The van der Waals surface area contributed by atoms with E-state index in [9.17, 15) is 8.78 Å². The normalized spacial score (nSPS) is 7.00. The molecular weight excluding hydrogens is 418 g/mol. The molecule has 8 heteroatoms. The van der Waals surface area contributed by atoms with Gasteiger partial charge in [-0.05, 0) is 17.7 Å². The van der Waals surface area contributed by atoms with Crippen LogP contribution in [0, 0.1) is 5.82 Å². The van der Waals surface area contributed by atoms with Crippen LogP contribution < -0.4 is 0 Å². The largest absolute Gasteiger partial charge is 0.549 e. The van der Waals surface area contributed by atoms with Crippen molar-refractivity contribution in [3.8, 4) is 0 Å². The molecule has 4 nitrogen and oxygen atoms in total. The van der Waals surface area contributed by atoms with Gasteiger partial charge >= 0.3 is 0 Å². The maximum Gasteiger partial charge on any atom is 0.123 e. The molecule has 20 heavy (non-hydrogen) atoms. The Kier molecular flexibility index (Phi) is 52.9. The van der Waals surface area contributed by atoms with E-state index in [2.05, 4.69) is 9.68 Å². The first kappa shape index (κ1) is 37.4. The summed E-state index contributed by atoms with van der Waals surface area (Å²) in [6.07, 6.45) is 0. The van der Waals surface area contributed by atoms with Crippen LogP contribution in [-0.4, -0.2) is 13.3 Å². The van der Waals surface area contributed by atoms with Crippen molar-refractivity contribution in [2.24, 2.45) is 0 Å². The fourth-order valence-corrected chi connectivity index (χ4v) is 0.703. The third kappa shape index (κ3) is 24.2. The Morgan fingerprint density at radius 1 is 0.900 bits per heavy atom. The minimum absolute atomic E-state index is 0. The fraction of sp³-hybridized carbons (Fsp3) is 0.500. The predicted octanol–water partition coefficient (Wildman–Crippen LogP) is 5.15. The average Bonchev–Trinajstić information content (AvgIpc) is 2.24. The van der Waals surface area contributed by atoms with Gasteiger partial charge in [0.25, 0.3) is 0 Å². The van der Waals surface area contributed by atoms with Crippen LogP contribution in [0.4, 0.5) is 8.78 Å². The number of benzene rings is 1.